The predicted octanol–water partition coefficient (Wildman–Crippen LogP) is 3.21. The molecular formula is C16H20FNO2. The molecule has 1 aromatic carbocycles. The number of fused-ring (bicyclic) bond motifs is 1. The number of rotatable bonds is 4. The molecule has 1 heterocycles. The van der Waals surface area contributed by atoms with Gasteiger partial charge in [-0.25, -0.2) is 4.39 Å². The molecule has 4 heteroatoms. The lowest BCUT2D eigenvalue weighted by Crippen LogP contribution is -2.33. The molecule has 1 saturated carbocycles. The first kappa shape index (κ1) is 13.6. The highest BCUT2D eigenvalue weighted by atomic mass is 19.1. The SMILES string of the molecule is OCC1CCC(NCc2cc3cc(F)ccc3o2)CC1. The molecule has 1 aromatic heterocycles. The maximum Gasteiger partial charge on any atom is 0.134 e. The van der Waals surface area contributed by atoms with E-state index < -0.39 is 0 Å². The van der Waals surface area contributed by atoms with Crippen molar-refractivity contribution in [2.75, 3.05) is 6.61 Å². The number of halogens is 1. The summed E-state index contributed by atoms with van der Waals surface area (Å²) in [6.45, 7) is 0.979. The first-order chi connectivity index (χ1) is 9.74. The fourth-order valence-corrected chi connectivity index (χ4v) is 2.95. The van der Waals surface area contributed by atoms with Gasteiger partial charge in [0.1, 0.15) is 17.2 Å². The molecule has 0 bridgehead atoms. The van der Waals surface area contributed by atoms with Gasteiger partial charge in [0.05, 0.1) is 6.54 Å². The predicted molar refractivity (Wildman–Crippen MR) is 75.8 cm³/mol. The Hall–Kier alpha value is -1.39. The fraction of sp³-hybridized carbons (Fsp3) is 0.500. The maximum atomic E-state index is 13.1. The molecule has 0 unspecified atom stereocenters. The van der Waals surface area contributed by atoms with Gasteiger partial charge in [0.15, 0.2) is 0 Å². The Morgan fingerprint density at radius 3 is 2.75 bits per heavy atom. The second-order valence-electron chi connectivity index (χ2n) is 5.68. The molecule has 0 saturated heterocycles. The molecule has 3 rings (SSSR count). The van der Waals surface area contributed by atoms with Gasteiger partial charge in [-0.1, -0.05) is 0 Å². The number of nitrogens with one attached hydrogen (secondary N) is 1. The Morgan fingerprint density at radius 2 is 2.00 bits per heavy atom. The lowest BCUT2D eigenvalue weighted by Gasteiger charge is -2.27. The number of benzene rings is 1. The van der Waals surface area contributed by atoms with E-state index in [4.69, 9.17) is 9.52 Å². The van der Waals surface area contributed by atoms with Gasteiger partial charge in [0, 0.05) is 18.0 Å². The smallest absolute Gasteiger partial charge is 0.134 e. The largest absolute Gasteiger partial charge is 0.460 e. The zero-order chi connectivity index (χ0) is 13.9. The lowest BCUT2D eigenvalue weighted by molar-refractivity contribution is 0.174. The van der Waals surface area contributed by atoms with Gasteiger partial charge in [-0.05, 0) is 55.9 Å². The number of aliphatic hydroxyl groups excluding tert-OH is 1. The van der Waals surface area contributed by atoms with Crippen molar-refractivity contribution in [2.45, 2.75) is 38.3 Å². The van der Waals surface area contributed by atoms with Crippen molar-refractivity contribution < 1.29 is 13.9 Å². The summed E-state index contributed by atoms with van der Waals surface area (Å²) in [4.78, 5) is 0. The molecule has 20 heavy (non-hydrogen) atoms. The molecule has 1 fully saturated rings. The summed E-state index contributed by atoms with van der Waals surface area (Å²) in [5, 5.41) is 13.4. The van der Waals surface area contributed by atoms with E-state index in [0.29, 0.717) is 25.1 Å². The van der Waals surface area contributed by atoms with Crippen molar-refractivity contribution >= 4 is 11.0 Å². The van der Waals surface area contributed by atoms with Crippen LogP contribution in [0.2, 0.25) is 0 Å². The Labute approximate surface area is 117 Å². The van der Waals surface area contributed by atoms with Crippen molar-refractivity contribution in [3.63, 3.8) is 0 Å². The summed E-state index contributed by atoms with van der Waals surface area (Å²) >= 11 is 0. The van der Waals surface area contributed by atoms with Crippen LogP contribution < -0.4 is 5.32 Å². The lowest BCUT2D eigenvalue weighted by atomic mass is 9.86. The van der Waals surface area contributed by atoms with E-state index in [0.717, 1.165) is 42.4 Å². The first-order valence-electron chi connectivity index (χ1n) is 7.27. The van der Waals surface area contributed by atoms with E-state index in [1.807, 2.05) is 6.07 Å². The summed E-state index contributed by atoms with van der Waals surface area (Å²) < 4.78 is 18.8. The Bertz CT molecular complexity index is 573. The van der Waals surface area contributed by atoms with Crippen LogP contribution in [0, 0.1) is 11.7 Å². The van der Waals surface area contributed by atoms with E-state index in [-0.39, 0.29) is 5.82 Å². The standard InChI is InChI=1S/C16H20FNO2/c17-13-3-6-16-12(7-13)8-15(20-16)9-18-14-4-1-11(10-19)2-5-14/h3,6-8,11,14,18-19H,1-2,4-5,9-10H2. The van der Waals surface area contributed by atoms with Gasteiger partial charge in [-0.15, -0.1) is 0 Å². The van der Waals surface area contributed by atoms with Crippen molar-refractivity contribution in [2.24, 2.45) is 5.92 Å². The van der Waals surface area contributed by atoms with Crippen molar-refractivity contribution in [1.82, 2.24) is 5.32 Å². The summed E-state index contributed by atoms with van der Waals surface area (Å²) in [6.07, 6.45) is 4.36. The quantitative estimate of drug-likeness (QED) is 0.902. The van der Waals surface area contributed by atoms with E-state index >= 15 is 0 Å². The minimum absolute atomic E-state index is 0.236. The average Bonchev–Trinajstić information content (AvgIpc) is 2.87. The molecule has 0 radical (unpaired) electrons. The third-order valence-electron chi connectivity index (χ3n) is 4.20. The third kappa shape index (κ3) is 3.02. The molecule has 108 valence electrons. The van der Waals surface area contributed by atoms with Crippen LogP contribution in [-0.4, -0.2) is 17.8 Å². The molecule has 1 aliphatic rings. The van der Waals surface area contributed by atoms with Gasteiger partial charge in [-0.2, -0.15) is 0 Å². The average molecular weight is 277 g/mol. The van der Waals surface area contributed by atoms with Crippen LogP contribution in [0.3, 0.4) is 0 Å². The van der Waals surface area contributed by atoms with Crippen LogP contribution in [0.25, 0.3) is 11.0 Å². The minimum Gasteiger partial charge on any atom is -0.460 e. The summed E-state index contributed by atoms with van der Waals surface area (Å²) in [5.74, 6) is 1.08. The number of hydrogen-bond donors (Lipinski definition) is 2. The zero-order valence-corrected chi connectivity index (χ0v) is 11.4. The Balaban J connectivity index is 1.57. The van der Waals surface area contributed by atoms with Crippen molar-refractivity contribution in [3.8, 4) is 0 Å². The fourth-order valence-electron chi connectivity index (χ4n) is 2.95. The molecule has 0 spiro atoms. The molecule has 1 aliphatic carbocycles. The van der Waals surface area contributed by atoms with E-state index in [1.165, 1.54) is 12.1 Å². The van der Waals surface area contributed by atoms with Gasteiger partial charge >= 0.3 is 0 Å². The van der Waals surface area contributed by atoms with Crippen LogP contribution in [0.15, 0.2) is 28.7 Å². The highest BCUT2D eigenvalue weighted by Crippen LogP contribution is 2.25. The molecule has 3 nitrogen and oxygen atoms in total. The highest BCUT2D eigenvalue weighted by molar-refractivity contribution is 5.77. The molecule has 2 N–H and O–H groups in total. The van der Waals surface area contributed by atoms with E-state index in [9.17, 15) is 4.39 Å². The molecular weight excluding hydrogens is 257 g/mol. The second-order valence-corrected chi connectivity index (χ2v) is 5.68. The van der Waals surface area contributed by atoms with E-state index in [1.54, 1.807) is 6.07 Å². The minimum atomic E-state index is -0.236. The molecule has 0 amide bonds. The van der Waals surface area contributed by atoms with Crippen LogP contribution in [-0.2, 0) is 6.54 Å². The molecule has 0 atom stereocenters. The van der Waals surface area contributed by atoms with Gasteiger partial charge in [0.2, 0.25) is 0 Å². The van der Waals surface area contributed by atoms with E-state index in [2.05, 4.69) is 5.32 Å². The Morgan fingerprint density at radius 1 is 1.20 bits per heavy atom. The molecule has 0 aliphatic heterocycles. The summed E-state index contributed by atoms with van der Waals surface area (Å²) in [5.41, 5.74) is 0.729. The van der Waals surface area contributed by atoms with Crippen molar-refractivity contribution in [3.05, 3.63) is 35.8 Å². The Kier molecular flexibility index (Phi) is 4.03. The molecule has 2 aromatic rings. The van der Waals surface area contributed by atoms with Crippen molar-refractivity contribution in [1.29, 1.82) is 0 Å². The first-order valence-corrected chi connectivity index (χ1v) is 7.27. The van der Waals surface area contributed by atoms with Gasteiger partial charge < -0.3 is 14.8 Å². The second kappa shape index (κ2) is 5.94. The van der Waals surface area contributed by atoms with Crippen LogP contribution in [0.1, 0.15) is 31.4 Å². The summed E-state index contributed by atoms with van der Waals surface area (Å²) in [7, 11) is 0. The zero-order valence-electron chi connectivity index (χ0n) is 11.4. The van der Waals surface area contributed by atoms with Gasteiger partial charge in [-0.3, -0.25) is 0 Å². The highest BCUT2D eigenvalue weighted by Gasteiger charge is 2.20. The number of hydrogen-bond acceptors (Lipinski definition) is 3. The summed E-state index contributed by atoms with van der Waals surface area (Å²) in [6, 6.07) is 6.96. The monoisotopic (exact) mass is 277 g/mol. The van der Waals surface area contributed by atoms with Crippen LogP contribution in [0.4, 0.5) is 4.39 Å². The van der Waals surface area contributed by atoms with Gasteiger partial charge in [0.25, 0.3) is 0 Å². The number of aliphatic hydroxyl groups is 1. The third-order valence-corrected chi connectivity index (χ3v) is 4.20. The topological polar surface area (TPSA) is 45.4 Å². The normalized spacial score (nSPS) is 23.3. The number of furan rings is 1. The van der Waals surface area contributed by atoms with Crippen LogP contribution in [0.5, 0.6) is 0 Å². The maximum absolute atomic E-state index is 13.1. The van der Waals surface area contributed by atoms with Crippen LogP contribution >= 0.6 is 0 Å².